The summed E-state index contributed by atoms with van der Waals surface area (Å²) in [6.07, 6.45) is 1.25. The normalized spacial score (nSPS) is 11.3. The molecule has 0 unspecified atom stereocenters. The maximum absolute atomic E-state index is 12.5. The van der Waals surface area contributed by atoms with Crippen molar-refractivity contribution < 1.29 is 17.9 Å². The fourth-order valence-corrected chi connectivity index (χ4v) is 3.31. The Morgan fingerprint density at radius 3 is 2.65 bits per heavy atom. The van der Waals surface area contributed by atoms with Crippen LogP contribution < -0.4 is 5.73 Å². The van der Waals surface area contributed by atoms with Gasteiger partial charge in [-0.1, -0.05) is 11.6 Å². The lowest BCUT2D eigenvalue weighted by molar-refractivity contribution is 0.0593. The molecule has 1 aromatic heterocycles. The van der Waals surface area contributed by atoms with E-state index in [-0.39, 0.29) is 16.3 Å². The van der Waals surface area contributed by atoms with Crippen molar-refractivity contribution in [3.05, 3.63) is 47.2 Å². The van der Waals surface area contributed by atoms with Crippen molar-refractivity contribution in [2.45, 2.75) is 4.90 Å². The minimum Gasteiger partial charge on any atom is -0.464 e. The molecule has 0 bridgehead atoms. The first-order valence-electron chi connectivity index (χ1n) is 5.44. The Morgan fingerprint density at radius 2 is 2.05 bits per heavy atom. The molecule has 1 aromatic carbocycles. The molecule has 0 saturated heterocycles. The third-order valence-electron chi connectivity index (χ3n) is 2.62. The van der Waals surface area contributed by atoms with Crippen LogP contribution in [-0.2, 0) is 14.8 Å². The van der Waals surface area contributed by atoms with Crippen LogP contribution in [0, 0.1) is 0 Å². The maximum Gasteiger partial charge on any atom is 0.355 e. The number of benzene rings is 1. The van der Waals surface area contributed by atoms with Crippen molar-refractivity contribution in [2.24, 2.45) is 0 Å². The molecule has 8 heteroatoms. The molecule has 106 valence electrons. The van der Waals surface area contributed by atoms with E-state index in [9.17, 15) is 13.2 Å². The summed E-state index contributed by atoms with van der Waals surface area (Å²) in [5.74, 6) is -0.758. The number of rotatable bonds is 3. The van der Waals surface area contributed by atoms with E-state index in [2.05, 4.69) is 4.74 Å². The summed E-state index contributed by atoms with van der Waals surface area (Å²) in [4.78, 5) is 11.4. The SMILES string of the molecule is COC(=O)c1cccn1S(=O)(=O)c1ccc(Cl)cc1N. The lowest BCUT2D eigenvalue weighted by atomic mass is 10.3. The van der Waals surface area contributed by atoms with Gasteiger partial charge in [0.15, 0.2) is 0 Å². The number of anilines is 1. The van der Waals surface area contributed by atoms with Crippen molar-refractivity contribution in [2.75, 3.05) is 12.8 Å². The van der Waals surface area contributed by atoms with Crippen LogP contribution in [0.25, 0.3) is 0 Å². The molecule has 0 radical (unpaired) electrons. The van der Waals surface area contributed by atoms with Crippen LogP contribution in [0.5, 0.6) is 0 Å². The minimum absolute atomic E-state index is 0.00187. The summed E-state index contributed by atoms with van der Waals surface area (Å²) in [6, 6.07) is 6.79. The van der Waals surface area contributed by atoms with Gasteiger partial charge < -0.3 is 10.5 Å². The zero-order valence-electron chi connectivity index (χ0n) is 10.4. The zero-order valence-corrected chi connectivity index (χ0v) is 12.0. The van der Waals surface area contributed by atoms with Crippen LogP contribution in [0.3, 0.4) is 0 Å². The number of carbonyl (C=O) groups is 1. The van der Waals surface area contributed by atoms with Gasteiger partial charge in [-0.25, -0.2) is 17.2 Å². The smallest absolute Gasteiger partial charge is 0.355 e. The van der Waals surface area contributed by atoms with E-state index in [4.69, 9.17) is 17.3 Å². The van der Waals surface area contributed by atoms with Crippen LogP contribution in [0.4, 0.5) is 5.69 Å². The second-order valence-electron chi connectivity index (χ2n) is 3.87. The Hall–Kier alpha value is -1.99. The number of nitrogen functional groups attached to an aromatic ring is 1. The second-order valence-corrected chi connectivity index (χ2v) is 6.09. The number of nitrogens with zero attached hydrogens (tertiary/aromatic N) is 1. The number of methoxy groups -OCH3 is 1. The predicted molar refractivity (Wildman–Crippen MR) is 74.2 cm³/mol. The standard InChI is InChI=1S/C12H11ClN2O4S/c1-19-12(16)10-3-2-6-15(10)20(17,18)11-5-4-8(13)7-9(11)14/h2-7H,14H2,1H3. The van der Waals surface area contributed by atoms with E-state index < -0.39 is 16.0 Å². The van der Waals surface area contributed by atoms with Crippen molar-refractivity contribution in [3.8, 4) is 0 Å². The molecule has 0 amide bonds. The Labute approximate surface area is 120 Å². The number of carbonyl (C=O) groups excluding carboxylic acids is 1. The fourth-order valence-electron chi connectivity index (χ4n) is 1.70. The molecule has 20 heavy (non-hydrogen) atoms. The molecule has 0 aliphatic carbocycles. The minimum atomic E-state index is -4.00. The van der Waals surface area contributed by atoms with Gasteiger partial charge in [-0.15, -0.1) is 0 Å². The average molecular weight is 315 g/mol. The van der Waals surface area contributed by atoms with Gasteiger partial charge in [0.2, 0.25) is 0 Å². The molecule has 0 fully saturated rings. The molecule has 2 N–H and O–H groups in total. The predicted octanol–water partition coefficient (Wildman–Crippen LogP) is 1.75. The van der Waals surface area contributed by atoms with E-state index >= 15 is 0 Å². The van der Waals surface area contributed by atoms with E-state index in [1.165, 1.54) is 43.6 Å². The average Bonchev–Trinajstić information content (AvgIpc) is 2.87. The Bertz CT molecular complexity index is 768. The molecule has 2 rings (SSSR count). The summed E-state index contributed by atoms with van der Waals surface area (Å²) in [6.45, 7) is 0. The zero-order chi connectivity index (χ0) is 14.9. The van der Waals surface area contributed by atoms with E-state index in [0.717, 1.165) is 3.97 Å². The van der Waals surface area contributed by atoms with Crippen molar-refractivity contribution in [3.63, 3.8) is 0 Å². The van der Waals surface area contributed by atoms with Gasteiger partial charge in [0.1, 0.15) is 10.6 Å². The summed E-state index contributed by atoms with van der Waals surface area (Å²) < 4.78 is 30.4. The van der Waals surface area contributed by atoms with Gasteiger partial charge in [-0.3, -0.25) is 0 Å². The van der Waals surface area contributed by atoms with Gasteiger partial charge >= 0.3 is 5.97 Å². The van der Waals surface area contributed by atoms with Gasteiger partial charge in [-0.05, 0) is 30.3 Å². The highest BCUT2D eigenvalue weighted by Gasteiger charge is 2.25. The van der Waals surface area contributed by atoms with E-state index in [0.29, 0.717) is 5.02 Å². The summed E-state index contributed by atoms with van der Waals surface area (Å²) in [5, 5.41) is 0.321. The van der Waals surface area contributed by atoms with Gasteiger partial charge in [0.05, 0.1) is 12.8 Å². The van der Waals surface area contributed by atoms with Gasteiger partial charge in [0.25, 0.3) is 10.0 Å². The molecular weight excluding hydrogens is 304 g/mol. The van der Waals surface area contributed by atoms with Crippen molar-refractivity contribution >= 4 is 33.3 Å². The number of nitrogens with two attached hydrogens (primary N) is 1. The number of esters is 1. The molecule has 6 nitrogen and oxygen atoms in total. The quantitative estimate of drug-likeness (QED) is 0.688. The highest BCUT2D eigenvalue weighted by Crippen LogP contribution is 2.25. The van der Waals surface area contributed by atoms with Crippen LogP contribution in [0.15, 0.2) is 41.4 Å². The van der Waals surface area contributed by atoms with Crippen LogP contribution >= 0.6 is 11.6 Å². The fraction of sp³-hybridized carbons (Fsp3) is 0.0833. The van der Waals surface area contributed by atoms with Gasteiger partial charge in [-0.2, -0.15) is 0 Å². The Balaban J connectivity index is 2.62. The summed E-state index contributed by atoms with van der Waals surface area (Å²) >= 11 is 5.74. The number of aromatic nitrogens is 1. The van der Waals surface area contributed by atoms with E-state index in [1.54, 1.807) is 0 Å². The highest BCUT2D eigenvalue weighted by atomic mass is 35.5. The monoisotopic (exact) mass is 314 g/mol. The Kier molecular flexibility index (Phi) is 3.74. The largest absolute Gasteiger partial charge is 0.464 e. The number of halogens is 1. The number of hydrogen-bond donors (Lipinski definition) is 1. The third-order valence-corrected chi connectivity index (χ3v) is 4.62. The Morgan fingerprint density at radius 1 is 1.35 bits per heavy atom. The lowest BCUT2D eigenvalue weighted by Gasteiger charge is -2.11. The van der Waals surface area contributed by atoms with E-state index in [1.807, 2.05) is 0 Å². The first-order chi connectivity index (χ1) is 9.37. The third kappa shape index (κ3) is 2.37. The van der Waals surface area contributed by atoms with Crippen LogP contribution in [-0.4, -0.2) is 25.5 Å². The second kappa shape index (κ2) is 5.18. The molecule has 1 heterocycles. The van der Waals surface area contributed by atoms with Crippen molar-refractivity contribution in [1.82, 2.24) is 3.97 Å². The molecule has 0 aliphatic rings. The summed E-state index contributed by atoms with van der Waals surface area (Å²) in [5.41, 5.74) is 5.57. The molecule has 0 saturated carbocycles. The first kappa shape index (κ1) is 14.4. The summed E-state index contributed by atoms with van der Waals surface area (Å²) in [7, 11) is -2.83. The van der Waals surface area contributed by atoms with Crippen LogP contribution in [0.1, 0.15) is 10.5 Å². The first-order valence-corrected chi connectivity index (χ1v) is 7.26. The molecule has 0 atom stereocenters. The maximum atomic E-state index is 12.5. The molecule has 2 aromatic rings. The molecule has 0 aliphatic heterocycles. The van der Waals surface area contributed by atoms with Gasteiger partial charge in [0, 0.05) is 11.2 Å². The molecular formula is C12H11ClN2O4S. The number of hydrogen-bond acceptors (Lipinski definition) is 5. The number of ether oxygens (including phenoxy) is 1. The topological polar surface area (TPSA) is 91.4 Å². The molecule has 0 spiro atoms. The van der Waals surface area contributed by atoms with Crippen LogP contribution in [0.2, 0.25) is 5.02 Å². The highest BCUT2D eigenvalue weighted by molar-refractivity contribution is 7.90. The van der Waals surface area contributed by atoms with Crippen molar-refractivity contribution in [1.29, 1.82) is 0 Å². The lowest BCUT2D eigenvalue weighted by Crippen LogP contribution is -2.19.